The van der Waals surface area contributed by atoms with E-state index < -0.39 is 0 Å². The summed E-state index contributed by atoms with van der Waals surface area (Å²) in [6.07, 6.45) is 3.30. The highest BCUT2D eigenvalue weighted by Gasteiger charge is 2.29. The van der Waals surface area contributed by atoms with Gasteiger partial charge in [0.2, 0.25) is 11.8 Å². The third-order valence-electron chi connectivity index (χ3n) is 3.98. The van der Waals surface area contributed by atoms with Crippen LogP contribution in [-0.4, -0.2) is 30.4 Å². The van der Waals surface area contributed by atoms with Crippen molar-refractivity contribution in [3.63, 3.8) is 0 Å². The van der Waals surface area contributed by atoms with Crippen molar-refractivity contribution in [2.75, 3.05) is 11.9 Å². The summed E-state index contributed by atoms with van der Waals surface area (Å²) in [4.78, 5) is 24.0. The molecule has 0 saturated carbocycles. The quantitative estimate of drug-likeness (QED) is 0.747. The summed E-state index contributed by atoms with van der Waals surface area (Å²) >= 11 is 0. The lowest BCUT2D eigenvalue weighted by Gasteiger charge is -2.26. The molecular weight excluding hydrogens is 254 g/mol. The van der Waals surface area contributed by atoms with E-state index in [1.807, 2.05) is 24.3 Å². The van der Waals surface area contributed by atoms with Gasteiger partial charge in [-0.3, -0.25) is 14.9 Å². The fourth-order valence-electron chi connectivity index (χ4n) is 2.84. The zero-order valence-electron chi connectivity index (χ0n) is 11.3. The molecule has 0 radical (unpaired) electrons. The minimum absolute atomic E-state index is 0.00538. The molecule has 2 amide bonds. The standard InChI is InChI=1S/C15H19N3O2/c19-14-12(6-3-9-16-14)17-13-8-7-10-4-1-2-5-11(10)18-15(13)20/h1-2,4-5,12-13,17H,3,6-9H2,(H,16,19)(H,18,20). The maximum absolute atomic E-state index is 12.3. The Morgan fingerprint density at radius 2 is 1.85 bits per heavy atom. The van der Waals surface area contributed by atoms with E-state index in [-0.39, 0.29) is 23.9 Å². The zero-order valence-corrected chi connectivity index (χ0v) is 11.3. The second-order valence-electron chi connectivity index (χ2n) is 5.39. The third kappa shape index (κ3) is 2.67. The van der Waals surface area contributed by atoms with Gasteiger partial charge in [-0.2, -0.15) is 0 Å². The number of hydrogen-bond donors (Lipinski definition) is 3. The van der Waals surface area contributed by atoms with E-state index in [1.165, 1.54) is 0 Å². The molecule has 1 saturated heterocycles. The van der Waals surface area contributed by atoms with Gasteiger partial charge < -0.3 is 10.6 Å². The SMILES string of the molecule is O=C1NCCCC1NC1CCc2ccccc2NC1=O. The van der Waals surface area contributed by atoms with Gasteiger partial charge in [-0.15, -0.1) is 0 Å². The fraction of sp³-hybridized carbons (Fsp3) is 0.467. The fourth-order valence-corrected chi connectivity index (χ4v) is 2.84. The Balaban J connectivity index is 1.70. The van der Waals surface area contributed by atoms with Crippen molar-refractivity contribution in [3.05, 3.63) is 29.8 Å². The summed E-state index contributed by atoms with van der Waals surface area (Å²) in [7, 11) is 0. The van der Waals surface area contributed by atoms with Crippen molar-refractivity contribution in [1.29, 1.82) is 0 Å². The average molecular weight is 273 g/mol. The van der Waals surface area contributed by atoms with Gasteiger partial charge in [-0.05, 0) is 37.3 Å². The lowest BCUT2D eigenvalue weighted by atomic mass is 10.0. The van der Waals surface area contributed by atoms with Gasteiger partial charge in [0.05, 0.1) is 12.1 Å². The normalized spacial score (nSPS) is 26.2. The van der Waals surface area contributed by atoms with Crippen molar-refractivity contribution in [2.45, 2.75) is 37.8 Å². The molecule has 2 aliphatic rings. The Morgan fingerprint density at radius 1 is 1.05 bits per heavy atom. The molecule has 3 rings (SSSR count). The first-order valence-electron chi connectivity index (χ1n) is 7.16. The number of hydrogen-bond acceptors (Lipinski definition) is 3. The number of aryl methyl sites for hydroxylation is 1. The Morgan fingerprint density at radius 3 is 2.70 bits per heavy atom. The van der Waals surface area contributed by atoms with Crippen molar-refractivity contribution >= 4 is 17.5 Å². The Hall–Kier alpha value is -1.88. The van der Waals surface area contributed by atoms with Crippen molar-refractivity contribution in [1.82, 2.24) is 10.6 Å². The molecule has 106 valence electrons. The molecule has 2 heterocycles. The topological polar surface area (TPSA) is 70.2 Å². The van der Waals surface area contributed by atoms with E-state index in [9.17, 15) is 9.59 Å². The molecule has 2 aliphatic heterocycles. The number of carbonyl (C=O) groups excluding carboxylic acids is 2. The van der Waals surface area contributed by atoms with E-state index in [2.05, 4.69) is 16.0 Å². The smallest absolute Gasteiger partial charge is 0.241 e. The van der Waals surface area contributed by atoms with Gasteiger partial charge in [-0.25, -0.2) is 0 Å². The van der Waals surface area contributed by atoms with Gasteiger partial charge in [0.25, 0.3) is 0 Å². The number of carbonyl (C=O) groups is 2. The van der Waals surface area contributed by atoms with Gasteiger partial charge in [0.1, 0.15) is 0 Å². The van der Waals surface area contributed by atoms with Crippen LogP contribution in [0.15, 0.2) is 24.3 Å². The molecule has 1 aromatic carbocycles. The number of anilines is 1. The molecule has 3 N–H and O–H groups in total. The van der Waals surface area contributed by atoms with Crippen LogP contribution < -0.4 is 16.0 Å². The van der Waals surface area contributed by atoms with Gasteiger partial charge in [0, 0.05) is 12.2 Å². The van der Waals surface area contributed by atoms with Crippen LogP contribution in [-0.2, 0) is 16.0 Å². The summed E-state index contributed by atoms with van der Waals surface area (Å²) in [6, 6.07) is 7.29. The molecule has 1 aromatic rings. The van der Waals surface area contributed by atoms with E-state index in [0.717, 1.165) is 37.1 Å². The number of piperidine rings is 1. The summed E-state index contributed by atoms with van der Waals surface area (Å²) in [5.74, 6) is -0.0425. The molecule has 0 spiro atoms. The molecule has 2 atom stereocenters. The molecular formula is C15H19N3O2. The lowest BCUT2D eigenvalue weighted by molar-refractivity contribution is -0.125. The summed E-state index contributed by atoms with van der Waals surface area (Å²) in [6.45, 7) is 0.735. The maximum Gasteiger partial charge on any atom is 0.241 e. The number of rotatable bonds is 2. The molecule has 0 bridgehead atoms. The summed E-state index contributed by atoms with van der Waals surface area (Å²) in [5.41, 5.74) is 2.04. The Kier molecular flexibility index (Phi) is 3.69. The molecule has 5 nitrogen and oxygen atoms in total. The van der Waals surface area contributed by atoms with Crippen LogP contribution >= 0.6 is 0 Å². The Bertz CT molecular complexity index is 530. The highest BCUT2D eigenvalue weighted by molar-refractivity contribution is 5.96. The average Bonchev–Trinajstić information content (AvgIpc) is 2.61. The highest BCUT2D eigenvalue weighted by atomic mass is 16.2. The van der Waals surface area contributed by atoms with Gasteiger partial charge >= 0.3 is 0 Å². The van der Waals surface area contributed by atoms with E-state index in [0.29, 0.717) is 6.42 Å². The predicted octanol–water partition coefficient (Wildman–Crippen LogP) is 0.808. The molecule has 0 aromatic heterocycles. The molecule has 20 heavy (non-hydrogen) atoms. The van der Waals surface area contributed by atoms with E-state index in [1.54, 1.807) is 0 Å². The first-order chi connectivity index (χ1) is 9.74. The zero-order chi connectivity index (χ0) is 13.9. The summed E-state index contributed by atoms with van der Waals surface area (Å²) < 4.78 is 0. The van der Waals surface area contributed by atoms with Gasteiger partial charge in [-0.1, -0.05) is 18.2 Å². The third-order valence-corrected chi connectivity index (χ3v) is 3.98. The molecule has 0 aliphatic carbocycles. The van der Waals surface area contributed by atoms with Crippen molar-refractivity contribution in [3.8, 4) is 0 Å². The molecule has 1 fully saturated rings. The Labute approximate surface area is 118 Å². The number of nitrogens with one attached hydrogen (secondary N) is 3. The minimum atomic E-state index is -0.309. The second-order valence-corrected chi connectivity index (χ2v) is 5.39. The second kappa shape index (κ2) is 5.63. The van der Waals surface area contributed by atoms with Crippen LogP contribution in [0.3, 0.4) is 0 Å². The summed E-state index contributed by atoms with van der Waals surface area (Å²) in [5, 5.41) is 8.99. The van der Waals surface area contributed by atoms with Crippen LogP contribution in [0.25, 0.3) is 0 Å². The number of para-hydroxylation sites is 1. The van der Waals surface area contributed by atoms with E-state index in [4.69, 9.17) is 0 Å². The van der Waals surface area contributed by atoms with Crippen LogP contribution in [0.2, 0.25) is 0 Å². The number of amides is 2. The van der Waals surface area contributed by atoms with Crippen LogP contribution in [0.4, 0.5) is 5.69 Å². The monoisotopic (exact) mass is 273 g/mol. The van der Waals surface area contributed by atoms with Crippen molar-refractivity contribution in [2.24, 2.45) is 0 Å². The van der Waals surface area contributed by atoms with E-state index >= 15 is 0 Å². The largest absolute Gasteiger partial charge is 0.355 e. The first kappa shape index (κ1) is 13.1. The minimum Gasteiger partial charge on any atom is -0.355 e. The predicted molar refractivity (Wildman–Crippen MR) is 76.3 cm³/mol. The van der Waals surface area contributed by atoms with Crippen LogP contribution in [0, 0.1) is 0 Å². The molecule has 2 unspecified atom stereocenters. The molecule has 5 heteroatoms. The lowest BCUT2D eigenvalue weighted by Crippen LogP contribution is -2.54. The first-order valence-corrected chi connectivity index (χ1v) is 7.16. The van der Waals surface area contributed by atoms with Gasteiger partial charge in [0.15, 0.2) is 0 Å². The highest BCUT2D eigenvalue weighted by Crippen LogP contribution is 2.22. The van der Waals surface area contributed by atoms with Crippen LogP contribution in [0.5, 0.6) is 0 Å². The van der Waals surface area contributed by atoms with Crippen molar-refractivity contribution < 1.29 is 9.59 Å². The number of benzene rings is 1. The number of fused-ring (bicyclic) bond motifs is 1. The van der Waals surface area contributed by atoms with Crippen LogP contribution in [0.1, 0.15) is 24.8 Å². The maximum atomic E-state index is 12.3.